The van der Waals surface area contributed by atoms with Gasteiger partial charge in [-0.15, -0.1) is 0 Å². The number of nitrogens with one attached hydrogen (secondary N) is 1. The largest absolute Gasteiger partial charge is 0.497 e. The van der Waals surface area contributed by atoms with Crippen molar-refractivity contribution < 1.29 is 14.3 Å². The first-order valence-electron chi connectivity index (χ1n) is 12.0. The molecule has 3 aromatic carbocycles. The van der Waals surface area contributed by atoms with Gasteiger partial charge in [0.25, 0.3) is 5.91 Å². The van der Waals surface area contributed by atoms with Crippen molar-refractivity contribution in [3.8, 4) is 5.75 Å². The van der Waals surface area contributed by atoms with Crippen molar-refractivity contribution >= 4 is 34.3 Å². The van der Waals surface area contributed by atoms with Crippen molar-refractivity contribution in [2.75, 3.05) is 20.2 Å². The molecule has 0 radical (unpaired) electrons. The summed E-state index contributed by atoms with van der Waals surface area (Å²) >= 11 is 6.17. The Bertz CT molecular complexity index is 1500. The summed E-state index contributed by atoms with van der Waals surface area (Å²) in [5.74, 6) is 0.483. The van der Waals surface area contributed by atoms with Gasteiger partial charge < -0.3 is 19.5 Å². The fourth-order valence-corrected chi connectivity index (χ4v) is 5.91. The molecule has 0 spiro atoms. The van der Waals surface area contributed by atoms with Crippen LogP contribution in [0.3, 0.4) is 0 Å². The predicted molar refractivity (Wildman–Crippen MR) is 139 cm³/mol. The van der Waals surface area contributed by atoms with Gasteiger partial charge in [0.15, 0.2) is 5.54 Å². The quantitative estimate of drug-likeness (QED) is 0.427. The Morgan fingerprint density at radius 1 is 1.06 bits per heavy atom. The van der Waals surface area contributed by atoms with Gasteiger partial charge in [-0.05, 0) is 53.9 Å². The van der Waals surface area contributed by atoms with Crippen molar-refractivity contribution in [3.05, 3.63) is 100 Å². The summed E-state index contributed by atoms with van der Waals surface area (Å²) in [5, 5.41) is 1.73. The number of hydrogen-bond donors (Lipinski definition) is 1. The van der Waals surface area contributed by atoms with Gasteiger partial charge in [-0.1, -0.05) is 54.1 Å². The number of ether oxygens (including phenoxy) is 1. The minimum absolute atomic E-state index is 0.0362. The van der Waals surface area contributed by atoms with Crippen LogP contribution in [0, 0.1) is 0 Å². The van der Waals surface area contributed by atoms with E-state index in [9.17, 15) is 9.59 Å². The third-order valence-electron chi connectivity index (χ3n) is 7.60. The molecule has 1 fully saturated rings. The second-order valence-electron chi connectivity index (χ2n) is 9.65. The van der Waals surface area contributed by atoms with E-state index in [2.05, 4.69) is 11.1 Å². The molecule has 182 valence electrons. The van der Waals surface area contributed by atoms with E-state index in [4.69, 9.17) is 16.3 Å². The Morgan fingerprint density at radius 3 is 2.61 bits per heavy atom. The number of benzene rings is 3. The van der Waals surface area contributed by atoms with Crippen LogP contribution >= 0.6 is 11.6 Å². The molecule has 3 heterocycles. The lowest BCUT2D eigenvalue weighted by molar-refractivity contribution is -0.166. The third-order valence-corrected chi connectivity index (χ3v) is 7.85. The van der Waals surface area contributed by atoms with E-state index in [0.717, 1.165) is 39.0 Å². The number of para-hydroxylation sites is 1. The van der Waals surface area contributed by atoms with Crippen LogP contribution in [0.15, 0.2) is 72.8 Å². The highest BCUT2D eigenvalue weighted by Gasteiger charge is 2.56. The summed E-state index contributed by atoms with van der Waals surface area (Å²) < 4.78 is 5.35. The van der Waals surface area contributed by atoms with Crippen LogP contribution in [0.5, 0.6) is 5.75 Å². The molecule has 1 N–H and O–H groups in total. The van der Waals surface area contributed by atoms with E-state index >= 15 is 0 Å². The van der Waals surface area contributed by atoms with Gasteiger partial charge in [-0.3, -0.25) is 9.59 Å². The van der Waals surface area contributed by atoms with Crippen LogP contribution < -0.4 is 4.74 Å². The van der Waals surface area contributed by atoms with Crippen molar-refractivity contribution in [1.82, 2.24) is 14.8 Å². The maximum Gasteiger partial charge on any atom is 0.255 e. The van der Waals surface area contributed by atoms with E-state index in [-0.39, 0.29) is 24.3 Å². The second-order valence-corrected chi connectivity index (χ2v) is 10.1. The Labute approximate surface area is 214 Å². The second kappa shape index (κ2) is 8.42. The van der Waals surface area contributed by atoms with Crippen molar-refractivity contribution in [3.63, 3.8) is 0 Å². The zero-order valence-electron chi connectivity index (χ0n) is 20.1. The lowest BCUT2D eigenvalue weighted by atomic mass is 9.76. The number of piperazine rings is 1. The highest BCUT2D eigenvalue weighted by molar-refractivity contribution is 6.30. The highest BCUT2D eigenvalue weighted by Crippen LogP contribution is 2.48. The summed E-state index contributed by atoms with van der Waals surface area (Å²) in [4.78, 5) is 34.8. The fraction of sp³-hybridized carbons (Fsp3) is 0.241. The first-order valence-corrected chi connectivity index (χ1v) is 12.4. The molecule has 2 atom stereocenters. The number of rotatable bonds is 4. The Hall–Kier alpha value is -3.77. The molecule has 2 aliphatic heterocycles. The van der Waals surface area contributed by atoms with Gasteiger partial charge in [0.05, 0.1) is 12.8 Å². The Kier molecular flexibility index (Phi) is 5.30. The van der Waals surface area contributed by atoms with Crippen LogP contribution in [-0.4, -0.2) is 46.8 Å². The van der Waals surface area contributed by atoms with Crippen LogP contribution in [0.1, 0.15) is 35.2 Å². The molecule has 0 aliphatic carbocycles. The molecule has 2 amide bonds. The van der Waals surface area contributed by atoms with E-state index in [1.54, 1.807) is 16.9 Å². The summed E-state index contributed by atoms with van der Waals surface area (Å²) in [5.41, 5.74) is 3.64. The van der Waals surface area contributed by atoms with Gasteiger partial charge in [-0.2, -0.15) is 0 Å². The highest BCUT2D eigenvalue weighted by atomic mass is 35.5. The number of carbonyl (C=O) groups excluding carboxylic acids is 2. The van der Waals surface area contributed by atoms with E-state index in [1.807, 2.05) is 73.7 Å². The smallest absolute Gasteiger partial charge is 0.255 e. The predicted octanol–water partition coefficient (Wildman–Crippen LogP) is 5.06. The number of halogens is 1. The average Bonchev–Trinajstić information content (AvgIpc) is 3.29. The molecule has 6 rings (SSSR count). The third kappa shape index (κ3) is 3.39. The number of carbonyl (C=O) groups is 2. The molecule has 0 bridgehead atoms. The molecule has 6 nitrogen and oxygen atoms in total. The molecule has 1 aromatic heterocycles. The van der Waals surface area contributed by atoms with Crippen molar-refractivity contribution in [2.45, 2.75) is 24.9 Å². The lowest BCUT2D eigenvalue weighted by Crippen LogP contribution is -2.67. The number of nitrogens with zero attached hydrogens (tertiary/aromatic N) is 2. The topological polar surface area (TPSA) is 65.6 Å². The van der Waals surface area contributed by atoms with E-state index in [1.165, 1.54) is 0 Å². The SMILES string of the molecule is COc1cccc(CN2CC(=O)N3C[C@@H](c4ccc(Cl)cc4)c4c([nH]c5ccccc45)[C@@]3(C)C2=O)c1. The monoisotopic (exact) mass is 499 g/mol. The van der Waals surface area contributed by atoms with Gasteiger partial charge in [-0.25, -0.2) is 0 Å². The zero-order valence-corrected chi connectivity index (χ0v) is 20.9. The number of aromatic nitrogens is 1. The van der Waals surface area contributed by atoms with Crippen molar-refractivity contribution in [2.24, 2.45) is 0 Å². The Morgan fingerprint density at radius 2 is 1.83 bits per heavy atom. The van der Waals surface area contributed by atoms with E-state index < -0.39 is 5.54 Å². The molecule has 1 saturated heterocycles. The number of fused-ring (bicyclic) bond motifs is 5. The summed E-state index contributed by atoms with van der Waals surface area (Å²) in [6, 6.07) is 23.4. The normalized spacial score (nSPS) is 21.5. The van der Waals surface area contributed by atoms with E-state index in [0.29, 0.717) is 18.1 Å². The average molecular weight is 500 g/mol. The molecular weight excluding hydrogens is 474 g/mol. The lowest BCUT2D eigenvalue weighted by Gasteiger charge is -2.51. The van der Waals surface area contributed by atoms with Crippen LogP contribution in [0.2, 0.25) is 5.02 Å². The number of H-pyrrole nitrogens is 1. The molecule has 7 heteroatoms. The van der Waals surface area contributed by atoms with Crippen LogP contribution in [-0.2, 0) is 21.7 Å². The van der Waals surface area contributed by atoms with Gasteiger partial charge in [0, 0.05) is 34.9 Å². The number of amides is 2. The maximum absolute atomic E-state index is 14.2. The summed E-state index contributed by atoms with van der Waals surface area (Å²) in [6.45, 7) is 2.66. The van der Waals surface area contributed by atoms with Crippen LogP contribution in [0.4, 0.5) is 0 Å². The summed E-state index contributed by atoms with van der Waals surface area (Å²) in [6.07, 6.45) is 0. The minimum atomic E-state index is -1.13. The maximum atomic E-state index is 14.2. The van der Waals surface area contributed by atoms with Gasteiger partial charge in [0.1, 0.15) is 12.3 Å². The number of aromatic amines is 1. The first-order chi connectivity index (χ1) is 17.4. The number of methoxy groups -OCH3 is 1. The molecule has 36 heavy (non-hydrogen) atoms. The van der Waals surface area contributed by atoms with Gasteiger partial charge in [0.2, 0.25) is 5.91 Å². The molecule has 2 aliphatic rings. The number of hydrogen-bond acceptors (Lipinski definition) is 3. The van der Waals surface area contributed by atoms with Crippen LogP contribution in [0.25, 0.3) is 10.9 Å². The molecular formula is C29H26ClN3O3. The first kappa shape index (κ1) is 22.7. The van der Waals surface area contributed by atoms with Crippen molar-refractivity contribution in [1.29, 1.82) is 0 Å². The fourth-order valence-electron chi connectivity index (χ4n) is 5.79. The zero-order chi connectivity index (χ0) is 25.0. The standard InChI is InChI=1S/C29H26ClN3O3/c1-29-27-26(22-8-3-4-9-24(22)31-27)23(19-10-12-20(30)13-11-19)16-33(29)25(34)17-32(28(29)35)15-18-6-5-7-21(14-18)36-2/h3-14,23,31H,15-17H2,1-2H3/t23-,29-/m0/s1. The summed E-state index contributed by atoms with van der Waals surface area (Å²) in [7, 11) is 1.62. The Balaban J connectivity index is 1.48. The van der Waals surface area contributed by atoms with Gasteiger partial charge >= 0.3 is 0 Å². The minimum Gasteiger partial charge on any atom is -0.497 e. The molecule has 0 saturated carbocycles. The molecule has 4 aromatic rings. The molecule has 0 unspecified atom stereocenters.